The van der Waals surface area contributed by atoms with E-state index in [1.807, 2.05) is 0 Å². The topological polar surface area (TPSA) is 41.3 Å². The van der Waals surface area contributed by atoms with Crippen LogP contribution in [0.5, 0.6) is 17.2 Å². The van der Waals surface area contributed by atoms with Crippen LogP contribution in [0.2, 0.25) is 0 Å². The summed E-state index contributed by atoms with van der Waals surface area (Å²) in [5.41, 5.74) is 15.7. The third-order valence-electron chi connectivity index (χ3n) is 15.3. The first-order valence-electron chi connectivity index (χ1n) is 23.6. The van der Waals surface area contributed by atoms with E-state index in [9.17, 15) is 0 Å². The SMILES string of the molecule is CC(C)(C)c1cc2c3c(c1)N(c1ccccc1)c1c4c(cc5c1C1(C)C=CC=CC1O5)Oc1c(c(cc5oc6c(c15)C=CC[C@]6(C)N(c1ccccc1)c1ccccc1)N2c1ccccc1)B34. The number of furan rings is 1. The van der Waals surface area contributed by atoms with Gasteiger partial charge in [0.05, 0.1) is 16.5 Å². The lowest BCUT2D eigenvalue weighted by atomic mass is 9.32. The Hall–Kier alpha value is -7.64. The fraction of sp³-hybridized carbons (Fsp3) is 0.167. The van der Waals surface area contributed by atoms with Crippen LogP contribution < -0.4 is 40.6 Å². The lowest BCUT2D eigenvalue weighted by Gasteiger charge is -2.48. The number of benzene rings is 7. The monoisotopic (exact) mass is 869 g/mol. The molecule has 0 bridgehead atoms. The van der Waals surface area contributed by atoms with Crippen molar-refractivity contribution in [2.24, 2.45) is 0 Å². The van der Waals surface area contributed by atoms with Gasteiger partial charge in [-0.3, -0.25) is 0 Å². The quantitative estimate of drug-likeness (QED) is 0.161. The maximum atomic E-state index is 7.67. The molecular formula is C60H48BN3O3. The summed E-state index contributed by atoms with van der Waals surface area (Å²) in [6.07, 6.45) is 14.0. The first kappa shape index (κ1) is 38.6. The van der Waals surface area contributed by atoms with Crippen molar-refractivity contribution in [3.63, 3.8) is 0 Å². The van der Waals surface area contributed by atoms with Crippen molar-refractivity contribution in [2.75, 3.05) is 14.7 Å². The van der Waals surface area contributed by atoms with Crippen molar-refractivity contribution < 1.29 is 13.9 Å². The lowest BCUT2D eigenvalue weighted by Crippen LogP contribution is -2.63. The van der Waals surface area contributed by atoms with Crippen LogP contribution in [0.1, 0.15) is 63.5 Å². The average molecular weight is 870 g/mol. The van der Waals surface area contributed by atoms with Crippen molar-refractivity contribution in [3.8, 4) is 17.2 Å². The van der Waals surface area contributed by atoms with Crippen molar-refractivity contribution in [3.05, 3.63) is 198 Å². The third-order valence-corrected chi connectivity index (χ3v) is 15.3. The summed E-state index contributed by atoms with van der Waals surface area (Å²) in [5, 5.41) is 0.993. The summed E-state index contributed by atoms with van der Waals surface area (Å²) in [4.78, 5) is 7.45. The minimum Gasteiger partial charge on any atom is -0.485 e. The molecule has 14 rings (SSSR count). The highest BCUT2D eigenvalue weighted by molar-refractivity contribution is 7.02. The van der Waals surface area contributed by atoms with Gasteiger partial charge in [0, 0.05) is 63.1 Å². The molecule has 8 aromatic rings. The van der Waals surface area contributed by atoms with Crippen molar-refractivity contribution in [1.82, 2.24) is 0 Å². The molecule has 0 saturated carbocycles. The Morgan fingerprint density at radius 1 is 0.672 bits per heavy atom. The highest BCUT2D eigenvalue weighted by Gasteiger charge is 2.55. The maximum Gasteiger partial charge on any atom is 0.261 e. The summed E-state index contributed by atoms with van der Waals surface area (Å²) < 4.78 is 22.2. The number of fused-ring (bicyclic) bond motifs is 8. The minimum atomic E-state index is -0.585. The minimum absolute atomic E-state index is 0.155. The molecule has 2 aliphatic carbocycles. The zero-order valence-electron chi connectivity index (χ0n) is 38.2. The van der Waals surface area contributed by atoms with E-state index in [1.54, 1.807) is 0 Å². The Labute approximate surface area is 391 Å². The number of allylic oxidation sites excluding steroid dienone is 2. The molecule has 67 heavy (non-hydrogen) atoms. The van der Waals surface area contributed by atoms with E-state index in [0.717, 1.165) is 91.2 Å². The van der Waals surface area contributed by atoms with Gasteiger partial charge in [-0.1, -0.05) is 124 Å². The number of rotatable bonds is 5. The van der Waals surface area contributed by atoms with E-state index in [-0.39, 0.29) is 18.2 Å². The summed E-state index contributed by atoms with van der Waals surface area (Å²) in [7, 11) is 0. The maximum absolute atomic E-state index is 7.67. The Morgan fingerprint density at radius 2 is 1.28 bits per heavy atom. The summed E-state index contributed by atoms with van der Waals surface area (Å²) in [5.74, 6) is 3.43. The number of para-hydroxylation sites is 4. The average Bonchev–Trinajstić information content (AvgIpc) is 3.88. The number of hydrogen-bond donors (Lipinski definition) is 0. The molecule has 4 aliphatic heterocycles. The third kappa shape index (κ3) is 5.17. The van der Waals surface area contributed by atoms with E-state index in [0.29, 0.717) is 0 Å². The molecule has 0 fully saturated rings. The van der Waals surface area contributed by atoms with Crippen LogP contribution in [0.25, 0.3) is 17.0 Å². The first-order chi connectivity index (χ1) is 32.6. The Balaban J connectivity index is 1.12. The zero-order chi connectivity index (χ0) is 45.0. The van der Waals surface area contributed by atoms with E-state index in [1.165, 1.54) is 27.7 Å². The van der Waals surface area contributed by atoms with E-state index in [2.05, 4.69) is 231 Å². The molecule has 0 radical (unpaired) electrons. The summed E-state index contributed by atoms with van der Waals surface area (Å²) >= 11 is 0. The summed E-state index contributed by atoms with van der Waals surface area (Å²) in [6.45, 7) is 11.5. The van der Waals surface area contributed by atoms with Crippen LogP contribution in [-0.2, 0) is 16.4 Å². The predicted molar refractivity (Wildman–Crippen MR) is 275 cm³/mol. The molecule has 0 N–H and O–H groups in total. The molecule has 2 unspecified atom stereocenters. The fourth-order valence-electron chi connectivity index (χ4n) is 12.2. The molecule has 0 amide bonds. The number of ether oxygens (including phenoxy) is 2. The fourth-order valence-corrected chi connectivity index (χ4v) is 12.2. The van der Waals surface area contributed by atoms with Gasteiger partial charge in [0.2, 0.25) is 0 Å². The van der Waals surface area contributed by atoms with Crippen LogP contribution >= 0.6 is 0 Å². The molecule has 6 aliphatic rings. The van der Waals surface area contributed by atoms with E-state index in [4.69, 9.17) is 13.9 Å². The molecule has 1 aromatic heterocycles. The first-order valence-corrected chi connectivity index (χ1v) is 23.6. The lowest BCUT2D eigenvalue weighted by molar-refractivity contribution is 0.228. The van der Waals surface area contributed by atoms with Gasteiger partial charge in [-0.25, -0.2) is 0 Å². The standard InChI is InChI=1S/C60H48BN3O3/c1-58(2,3)37-33-43-52-44(34-37)63(39-23-12-7-13-24-39)55-51-47(65-49-30-18-19-31-59(49,51)4)36-48-54(55)61(52)53-45(62(43)38-21-10-6-11-22-38)35-46-50(56(53)66-48)42-29-20-32-60(5,57(42)67-46)64(40-25-14-8-15-26-40)41-27-16-9-17-28-41/h6-31,33-36,49H,32H2,1-5H3/t49?,59?,60-/m0/s1. The molecule has 5 heterocycles. The van der Waals surface area contributed by atoms with Gasteiger partial charge < -0.3 is 28.6 Å². The van der Waals surface area contributed by atoms with Crippen LogP contribution in [-0.4, -0.2) is 12.8 Å². The molecule has 7 heteroatoms. The predicted octanol–water partition coefficient (Wildman–Crippen LogP) is 13.5. The second kappa shape index (κ2) is 13.5. The molecule has 324 valence electrons. The highest BCUT2D eigenvalue weighted by atomic mass is 16.5. The molecule has 0 saturated heterocycles. The van der Waals surface area contributed by atoms with Crippen molar-refractivity contribution >= 4 is 85.6 Å². The number of hydrogen-bond acceptors (Lipinski definition) is 6. The second-order valence-corrected chi connectivity index (χ2v) is 20.4. The smallest absolute Gasteiger partial charge is 0.261 e. The van der Waals surface area contributed by atoms with Crippen LogP contribution in [0.15, 0.2) is 180 Å². The Morgan fingerprint density at radius 3 is 1.94 bits per heavy atom. The second-order valence-electron chi connectivity index (χ2n) is 20.4. The molecule has 6 nitrogen and oxygen atoms in total. The van der Waals surface area contributed by atoms with Gasteiger partial charge >= 0.3 is 0 Å². The van der Waals surface area contributed by atoms with Gasteiger partial charge in [0.15, 0.2) is 0 Å². The van der Waals surface area contributed by atoms with E-state index < -0.39 is 11.0 Å². The van der Waals surface area contributed by atoms with Gasteiger partial charge in [-0.15, -0.1) is 0 Å². The van der Waals surface area contributed by atoms with Gasteiger partial charge in [-0.2, -0.15) is 0 Å². The van der Waals surface area contributed by atoms with Gasteiger partial charge in [0.1, 0.15) is 40.2 Å². The van der Waals surface area contributed by atoms with Crippen LogP contribution in [0.4, 0.5) is 45.5 Å². The number of nitrogens with zero attached hydrogens (tertiary/aromatic N) is 3. The zero-order valence-corrected chi connectivity index (χ0v) is 38.2. The Bertz CT molecular complexity index is 3440. The van der Waals surface area contributed by atoms with Crippen molar-refractivity contribution in [1.29, 1.82) is 0 Å². The van der Waals surface area contributed by atoms with Crippen molar-refractivity contribution in [2.45, 2.75) is 63.5 Å². The van der Waals surface area contributed by atoms with Gasteiger partial charge in [0.25, 0.3) is 6.71 Å². The van der Waals surface area contributed by atoms with Crippen LogP contribution in [0.3, 0.4) is 0 Å². The summed E-state index contributed by atoms with van der Waals surface area (Å²) in [6, 6.07) is 52.6. The van der Waals surface area contributed by atoms with E-state index >= 15 is 0 Å². The van der Waals surface area contributed by atoms with Gasteiger partial charge in [-0.05, 0) is 114 Å². The molecule has 0 spiro atoms. The largest absolute Gasteiger partial charge is 0.485 e. The normalized spacial score (nSPS) is 20.8. The molecule has 7 aromatic carbocycles. The van der Waals surface area contributed by atoms with Crippen LogP contribution in [0, 0.1) is 0 Å². The Kier molecular flexibility index (Phi) is 7.77. The molecular weight excluding hydrogens is 821 g/mol. The molecule has 3 atom stereocenters. The highest BCUT2D eigenvalue weighted by Crippen LogP contribution is 2.59. The number of anilines is 8.